The van der Waals surface area contributed by atoms with Gasteiger partial charge in [-0.25, -0.2) is 0 Å². The maximum atomic E-state index is 6.16. The van der Waals surface area contributed by atoms with Gasteiger partial charge in [0.15, 0.2) is 0 Å². The van der Waals surface area contributed by atoms with E-state index in [2.05, 4.69) is 5.10 Å². The molecule has 0 N–H and O–H groups in total. The average molecular weight is 337 g/mol. The van der Waals surface area contributed by atoms with Crippen molar-refractivity contribution in [1.29, 1.82) is 0 Å². The Kier molecular flexibility index (Phi) is 3.85. The molecule has 106 valence electrons. The minimum Gasteiger partial charge on any atom is -0.409 e. The summed E-state index contributed by atoms with van der Waals surface area (Å²) in [4.78, 5) is 0.246. The zero-order chi connectivity index (χ0) is 15.0. The van der Waals surface area contributed by atoms with Crippen LogP contribution in [-0.4, -0.2) is 9.78 Å². The Morgan fingerprint density at radius 1 is 1.05 bits per heavy atom. The van der Waals surface area contributed by atoms with Gasteiger partial charge < -0.3 is 4.42 Å². The molecular formula is C15H10Cl2N2OS. The van der Waals surface area contributed by atoms with E-state index < -0.39 is 0 Å². The molecule has 0 radical (unpaired) electrons. The number of nitrogens with zero attached hydrogens (tertiary/aromatic N) is 2. The van der Waals surface area contributed by atoms with Crippen molar-refractivity contribution in [2.75, 3.05) is 0 Å². The van der Waals surface area contributed by atoms with E-state index >= 15 is 0 Å². The number of hydrogen-bond acceptors (Lipinski definition) is 3. The number of benzene rings is 2. The van der Waals surface area contributed by atoms with Crippen LogP contribution in [0.5, 0.6) is 0 Å². The van der Waals surface area contributed by atoms with Gasteiger partial charge >= 0.3 is 0 Å². The molecule has 0 saturated carbocycles. The van der Waals surface area contributed by atoms with Crippen molar-refractivity contribution in [2.45, 2.75) is 6.92 Å². The molecule has 0 fully saturated rings. The van der Waals surface area contributed by atoms with Crippen LogP contribution in [0.1, 0.15) is 5.56 Å². The second kappa shape index (κ2) is 5.64. The van der Waals surface area contributed by atoms with E-state index in [4.69, 9.17) is 39.8 Å². The molecule has 0 saturated heterocycles. The molecule has 21 heavy (non-hydrogen) atoms. The smallest absolute Gasteiger partial charge is 0.292 e. The molecular weight excluding hydrogens is 327 g/mol. The molecule has 0 bridgehead atoms. The third-order valence-corrected chi connectivity index (χ3v) is 4.11. The van der Waals surface area contributed by atoms with Gasteiger partial charge in [0, 0.05) is 5.02 Å². The first-order chi connectivity index (χ1) is 10.1. The Bertz CT molecular complexity index is 870. The largest absolute Gasteiger partial charge is 0.409 e. The van der Waals surface area contributed by atoms with Crippen LogP contribution in [0.15, 0.2) is 46.9 Å². The lowest BCUT2D eigenvalue weighted by atomic mass is 10.2. The van der Waals surface area contributed by atoms with E-state index in [1.165, 1.54) is 0 Å². The molecule has 0 aliphatic carbocycles. The lowest BCUT2D eigenvalue weighted by molar-refractivity contribution is 0.543. The number of hydrogen-bond donors (Lipinski definition) is 0. The predicted octanol–water partition coefficient (Wildman–Crippen LogP) is 5.48. The van der Waals surface area contributed by atoms with Crippen molar-refractivity contribution in [3.05, 3.63) is 62.9 Å². The summed E-state index contributed by atoms with van der Waals surface area (Å²) in [6, 6.07) is 12.9. The van der Waals surface area contributed by atoms with Crippen molar-refractivity contribution in [1.82, 2.24) is 9.78 Å². The molecule has 0 unspecified atom stereocenters. The topological polar surface area (TPSA) is 31.0 Å². The molecule has 3 nitrogen and oxygen atoms in total. The second-order valence-corrected chi connectivity index (χ2v) is 5.61. The van der Waals surface area contributed by atoms with Crippen molar-refractivity contribution in [3.63, 3.8) is 0 Å². The monoisotopic (exact) mass is 336 g/mol. The average Bonchev–Trinajstić information content (AvgIpc) is 2.84. The zero-order valence-electron chi connectivity index (χ0n) is 11.0. The first kappa shape index (κ1) is 14.3. The fraction of sp³-hybridized carbons (Fsp3) is 0.0667. The minimum atomic E-state index is 0.246. The van der Waals surface area contributed by atoms with Crippen LogP contribution in [0.3, 0.4) is 0 Å². The summed E-state index contributed by atoms with van der Waals surface area (Å²) < 4.78 is 7.12. The fourth-order valence-corrected chi connectivity index (χ4v) is 2.60. The number of rotatable bonds is 2. The van der Waals surface area contributed by atoms with Gasteiger partial charge in [-0.1, -0.05) is 41.4 Å². The number of halogens is 2. The Balaban J connectivity index is 2.17. The van der Waals surface area contributed by atoms with Crippen molar-refractivity contribution in [3.8, 4) is 17.1 Å². The van der Waals surface area contributed by atoms with E-state index in [1.54, 1.807) is 10.7 Å². The van der Waals surface area contributed by atoms with Crippen LogP contribution in [0.4, 0.5) is 0 Å². The molecule has 1 aromatic heterocycles. The summed E-state index contributed by atoms with van der Waals surface area (Å²) in [7, 11) is 0. The van der Waals surface area contributed by atoms with Crippen LogP contribution in [0, 0.1) is 11.8 Å². The van der Waals surface area contributed by atoms with Crippen LogP contribution < -0.4 is 0 Å². The molecule has 0 aliphatic heterocycles. The highest BCUT2D eigenvalue weighted by atomic mass is 35.5. The molecule has 0 atom stereocenters. The van der Waals surface area contributed by atoms with E-state index in [9.17, 15) is 0 Å². The molecule has 1 heterocycles. The van der Waals surface area contributed by atoms with Crippen LogP contribution >= 0.6 is 35.4 Å². The molecule has 3 aromatic rings. The maximum Gasteiger partial charge on any atom is 0.292 e. The van der Waals surface area contributed by atoms with Crippen LogP contribution in [0.25, 0.3) is 17.1 Å². The molecule has 3 rings (SSSR count). The van der Waals surface area contributed by atoms with Gasteiger partial charge in [-0.3, -0.25) is 0 Å². The lowest BCUT2D eigenvalue weighted by Crippen LogP contribution is -1.99. The fourth-order valence-electron chi connectivity index (χ4n) is 2.00. The SMILES string of the molecule is Cc1c(Cl)cccc1-n1nc(-c2ccccc2Cl)oc1=S. The van der Waals surface area contributed by atoms with E-state index in [0.717, 1.165) is 11.3 Å². The van der Waals surface area contributed by atoms with Gasteiger partial charge in [0.25, 0.3) is 4.84 Å². The highest BCUT2D eigenvalue weighted by molar-refractivity contribution is 7.71. The summed E-state index contributed by atoms with van der Waals surface area (Å²) in [5.74, 6) is 0.380. The zero-order valence-corrected chi connectivity index (χ0v) is 13.3. The first-order valence-corrected chi connectivity index (χ1v) is 7.35. The van der Waals surface area contributed by atoms with Crippen molar-refractivity contribution < 1.29 is 4.42 Å². The van der Waals surface area contributed by atoms with Gasteiger partial charge in [-0.2, -0.15) is 4.68 Å². The summed E-state index contributed by atoms with van der Waals surface area (Å²) >= 11 is 17.5. The highest BCUT2D eigenvalue weighted by Gasteiger charge is 2.14. The van der Waals surface area contributed by atoms with Gasteiger partial charge in [0.1, 0.15) is 0 Å². The lowest BCUT2D eigenvalue weighted by Gasteiger charge is -2.05. The standard InChI is InChI=1S/C15H10Cl2N2OS/c1-9-11(16)7-4-8-13(9)19-15(21)20-14(18-19)10-5-2-3-6-12(10)17/h2-8H,1H3. The Labute approximate surface area is 136 Å². The Hall–Kier alpha value is -1.62. The van der Waals surface area contributed by atoms with Gasteiger partial charge in [0.05, 0.1) is 16.3 Å². The van der Waals surface area contributed by atoms with Gasteiger partial charge in [-0.05, 0) is 49.0 Å². The van der Waals surface area contributed by atoms with Gasteiger partial charge in [-0.15, -0.1) is 5.10 Å². The Morgan fingerprint density at radius 2 is 1.76 bits per heavy atom. The third kappa shape index (κ3) is 2.62. The maximum absolute atomic E-state index is 6.16. The van der Waals surface area contributed by atoms with Crippen LogP contribution in [-0.2, 0) is 0 Å². The first-order valence-electron chi connectivity index (χ1n) is 6.18. The van der Waals surface area contributed by atoms with E-state index in [0.29, 0.717) is 21.5 Å². The summed E-state index contributed by atoms with van der Waals surface area (Å²) in [6.07, 6.45) is 0. The molecule has 0 spiro atoms. The summed E-state index contributed by atoms with van der Waals surface area (Å²) in [5.41, 5.74) is 2.37. The minimum absolute atomic E-state index is 0.246. The van der Waals surface area contributed by atoms with Crippen molar-refractivity contribution in [2.24, 2.45) is 0 Å². The number of aromatic nitrogens is 2. The summed E-state index contributed by atoms with van der Waals surface area (Å²) in [6.45, 7) is 1.91. The molecule has 6 heteroatoms. The molecule has 2 aromatic carbocycles. The van der Waals surface area contributed by atoms with Gasteiger partial charge in [0.2, 0.25) is 5.89 Å². The predicted molar refractivity (Wildman–Crippen MR) is 86.9 cm³/mol. The molecule has 0 amide bonds. The van der Waals surface area contributed by atoms with Crippen molar-refractivity contribution >= 4 is 35.4 Å². The summed E-state index contributed by atoms with van der Waals surface area (Å²) in [5, 5.41) is 5.62. The third-order valence-electron chi connectivity index (χ3n) is 3.12. The van der Waals surface area contributed by atoms with E-state index in [1.807, 2.05) is 43.3 Å². The second-order valence-electron chi connectivity index (χ2n) is 4.45. The molecule has 0 aliphatic rings. The highest BCUT2D eigenvalue weighted by Crippen LogP contribution is 2.28. The normalized spacial score (nSPS) is 10.8. The van der Waals surface area contributed by atoms with Crippen LogP contribution in [0.2, 0.25) is 10.0 Å². The quantitative estimate of drug-likeness (QED) is 0.581. The van der Waals surface area contributed by atoms with E-state index in [-0.39, 0.29) is 4.84 Å². The Morgan fingerprint density at radius 3 is 2.52 bits per heavy atom.